The SMILES string of the molecule is O=C1S/C(=C/c2cccc(OCc3ccc([N+](=O)[O-])cc3)c2)C(=O)N1Cc1ccc([N+](=O)[O-])cc1. The monoisotopic (exact) mass is 491 g/mol. The molecule has 11 heteroatoms. The van der Waals surface area contributed by atoms with Gasteiger partial charge in [0.1, 0.15) is 12.4 Å². The van der Waals surface area contributed by atoms with Crippen molar-refractivity contribution in [3.63, 3.8) is 0 Å². The van der Waals surface area contributed by atoms with Crippen molar-refractivity contribution in [2.24, 2.45) is 0 Å². The third-order valence-electron chi connectivity index (χ3n) is 5.07. The van der Waals surface area contributed by atoms with E-state index in [0.29, 0.717) is 16.9 Å². The van der Waals surface area contributed by atoms with E-state index in [1.807, 2.05) is 0 Å². The van der Waals surface area contributed by atoms with Crippen LogP contribution in [0.3, 0.4) is 0 Å². The molecule has 0 bridgehead atoms. The molecule has 1 aliphatic heterocycles. The van der Waals surface area contributed by atoms with Crippen LogP contribution < -0.4 is 4.74 Å². The number of carbonyl (C=O) groups is 2. The zero-order valence-electron chi connectivity index (χ0n) is 18.0. The normalized spacial score (nSPS) is 14.4. The molecule has 0 unspecified atom stereocenters. The highest BCUT2D eigenvalue weighted by Crippen LogP contribution is 2.34. The molecule has 3 aromatic rings. The largest absolute Gasteiger partial charge is 0.489 e. The number of amides is 2. The molecule has 0 saturated carbocycles. The number of nitrogens with zero attached hydrogens (tertiary/aromatic N) is 3. The fraction of sp³-hybridized carbons (Fsp3) is 0.0833. The van der Waals surface area contributed by atoms with Gasteiger partial charge in [-0.05, 0) is 58.8 Å². The number of ether oxygens (including phenoxy) is 1. The maximum Gasteiger partial charge on any atom is 0.293 e. The Morgan fingerprint density at radius 1 is 0.857 bits per heavy atom. The van der Waals surface area contributed by atoms with Crippen LogP contribution in [0.5, 0.6) is 5.75 Å². The van der Waals surface area contributed by atoms with Crippen LogP contribution in [0.4, 0.5) is 16.2 Å². The van der Waals surface area contributed by atoms with E-state index < -0.39 is 21.0 Å². The van der Waals surface area contributed by atoms with Crippen molar-refractivity contribution >= 4 is 40.4 Å². The van der Waals surface area contributed by atoms with Crippen molar-refractivity contribution in [3.05, 3.63) is 115 Å². The number of nitro benzene ring substituents is 2. The summed E-state index contributed by atoms with van der Waals surface area (Å²) >= 11 is 0.818. The van der Waals surface area contributed by atoms with Crippen LogP contribution in [-0.2, 0) is 17.9 Å². The summed E-state index contributed by atoms with van der Waals surface area (Å²) < 4.78 is 5.76. The first-order valence-corrected chi connectivity index (χ1v) is 11.1. The maximum absolute atomic E-state index is 12.8. The van der Waals surface area contributed by atoms with Crippen LogP contribution in [0.25, 0.3) is 6.08 Å². The number of rotatable bonds is 8. The fourth-order valence-corrected chi connectivity index (χ4v) is 4.11. The summed E-state index contributed by atoms with van der Waals surface area (Å²) in [5, 5.41) is 21.1. The predicted octanol–water partition coefficient (Wildman–Crippen LogP) is 5.32. The number of hydrogen-bond donors (Lipinski definition) is 0. The number of hydrogen-bond acceptors (Lipinski definition) is 8. The lowest BCUT2D eigenvalue weighted by molar-refractivity contribution is -0.385. The number of non-ortho nitro benzene ring substituents is 2. The lowest BCUT2D eigenvalue weighted by atomic mass is 10.1. The van der Waals surface area contributed by atoms with E-state index >= 15 is 0 Å². The molecular formula is C24H17N3O7S. The Balaban J connectivity index is 1.42. The van der Waals surface area contributed by atoms with E-state index in [9.17, 15) is 29.8 Å². The zero-order valence-corrected chi connectivity index (χ0v) is 18.8. The summed E-state index contributed by atoms with van der Waals surface area (Å²) in [6.07, 6.45) is 1.60. The van der Waals surface area contributed by atoms with Crippen molar-refractivity contribution in [2.45, 2.75) is 13.2 Å². The summed E-state index contributed by atoms with van der Waals surface area (Å²) in [6, 6.07) is 18.7. The summed E-state index contributed by atoms with van der Waals surface area (Å²) in [6.45, 7) is 0.214. The molecule has 0 N–H and O–H groups in total. The smallest absolute Gasteiger partial charge is 0.293 e. The van der Waals surface area contributed by atoms with Gasteiger partial charge in [-0.25, -0.2) is 0 Å². The first kappa shape index (κ1) is 23.6. The highest BCUT2D eigenvalue weighted by molar-refractivity contribution is 8.18. The van der Waals surface area contributed by atoms with Crippen LogP contribution >= 0.6 is 11.8 Å². The number of nitro groups is 2. The van der Waals surface area contributed by atoms with E-state index in [1.54, 1.807) is 42.5 Å². The first-order chi connectivity index (χ1) is 16.8. The Morgan fingerprint density at radius 2 is 1.46 bits per heavy atom. The average molecular weight is 491 g/mol. The minimum absolute atomic E-state index is 0.00160. The summed E-state index contributed by atoms with van der Waals surface area (Å²) in [4.78, 5) is 47.1. The van der Waals surface area contributed by atoms with E-state index in [-0.39, 0.29) is 29.4 Å². The van der Waals surface area contributed by atoms with Gasteiger partial charge in [-0.2, -0.15) is 0 Å². The first-order valence-electron chi connectivity index (χ1n) is 10.2. The molecule has 0 radical (unpaired) electrons. The van der Waals surface area contributed by atoms with Gasteiger partial charge in [0, 0.05) is 24.3 Å². The molecule has 0 atom stereocenters. The molecule has 1 aliphatic rings. The van der Waals surface area contributed by atoms with Crippen LogP contribution in [0.2, 0.25) is 0 Å². The highest BCUT2D eigenvalue weighted by Gasteiger charge is 2.35. The molecule has 1 fully saturated rings. The van der Waals surface area contributed by atoms with Crippen molar-refractivity contribution in [1.82, 2.24) is 4.90 Å². The molecule has 0 aromatic heterocycles. The molecule has 10 nitrogen and oxygen atoms in total. The van der Waals surface area contributed by atoms with E-state index in [1.165, 1.54) is 36.4 Å². The molecule has 2 amide bonds. The quantitative estimate of drug-likeness (QED) is 0.235. The third kappa shape index (κ3) is 5.71. The molecule has 3 aromatic carbocycles. The second-order valence-electron chi connectivity index (χ2n) is 7.48. The predicted molar refractivity (Wildman–Crippen MR) is 128 cm³/mol. The Morgan fingerprint density at radius 3 is 2.06 bits per heavy atom. The van der Waals surface area contributed by atoms with Gasteiger partial charge >= 0.3 is 0 Å². The lowest BCUT2D eigenvalue weighted by Crippen LogP contribution is -2.27. The van der Waals surface area contributed by atoms with Crippen LogP contribution in [-0.4, -0.2) is 25.9 Å². The van der Waals surface area contributed by atoms with Crippen molar-refractivity contribution in [1.29, 1.82) is 0 Å². The molecule has 35 heavy (non-hydrogen) atoms. The Hall–Kier alpha value is -4.51. The van der Waals surface area contributed by atoms with Gasteiger partial charge in [0.15, 0.2) is 0 Å². The van der Waals surface area contributed by atoms with Crippen molar-refractivity contribution in [3.8, 4) is 5.75 Å². The van der Waals surface area contributed by atoms with Gasteiger partial charge in [-0.3, -0.25) is 34.7 Å². The van der Waals surface area contributed by atoms with Gasteiger partial charge in [0.25, 0.3) is 22.5 Å². The molecule has 0 aliphatic carbocycles. The second kappa shape index (κ2) is 10.2. The van der Waals surface area contributed by atoms with E-state index in [4.69, 9.17) is 4.74 Å². The van der Waals surface area contributed by atoms with Gasteiger partial charge in [0.2, 0.25) is 0 Å². The summed E-state index contributed by atoms with van der Waals surface area (Å²) in [7, 11) is 0. The number of imide groups is 1. The average Bonchev–Trinajstić information content (AvgIpc) is 3.11. The molecular weight excluding hydrogens is 474 g/mol. The van der Waals surface area contributed by atoms with E-state index in [0.717, 1.165) is 22.2 Å². The van der Waals surface area contributed by atoms with Crippen molar-refractivity contribution in [2.75, 3.05) is 0 Å². The van der Waals surface area contributed by atoms with Gasteiger partial charge in [-0.1, -0.05) is 24.3 Å². The standard InChI is InChI=1S/C24H17N3O7S/c28-23-22(35-24(29)25(23)14-16-4-8-19(9-5-16)26(30)31)13-18-2-1-3-21(12-18)34-15-17-6-10-20(11-7-17)27(32)33/h1-13H,14-15H2/b22-13+. The topological polar surface area (TPSA) is 133 Å². The zero-order chi connectivity index (χ0) is 24.9. The van der Waals surface area contributed by atoms with E-state index in [2.05, 4.69) is 0 Å². The fourth-order valence-electron chi connectivity index (χ4n) is 3.27. The molecule has 1 heterocycles. The van der Waals surface area contributed by atoms with Crippen molar-refractivity contribution < 1.29 is 24.2 Å². The maximum atomic E-state index is 12.8. The molecule has 1 saturated heterocycles. The molecule has 4 rings (SSSR count). The number of thioether (sulfide) groups is 1. The third-order valence-corrected chi connectivity index (χ3v) is 5.98. The molecule has 176 valence electrons. The Bertz CT molecular complexity index is 1340. The second-order valence-corrected chi connectivity index (χ2v) is 8.47. The van der Waals surface area contributed by atoms with Crippen LogP contribution in [0, 0.1) is 20.2 Å². The summed E-state index contributed by atoms with van der Waals surface area (Å²) in [5.74, 6) is 0.0813. The summed E-state index contributed by atoms with van der Waals surface area (Å²) in [5.41, 5.74) is 1.94. The van der Waals surface area contributed by atoms with Gasteiger partial charge in [-0.15, -0.1) is 0 Å². The Kier molecular flexibility index (Phi) is 6.88. The minimum Gasteiger partial charge on any atom is -0.489 e. The number of carbonyl (C=O) groups excluding carboxylic acids is 2. The lowest BCUT2D eigenvalue weighted by Gasteiger charge is -2.12. The molecule has 0 spiro atoms. The van der Waals surface area contributed by atoms with Crippen LogP contribution in [0.15, 0.2) is 77.7 Å². The van der Waals surface area contributed by atoms with Crippen LogP contribution in [0.1, 0.15) is 16.7 Å². The number of benzene rings is 3. The van der Waals surface area contributed by atoms with Gasteiger partial charge in [0.05, 0.1) is 21.3 Å². The van der Waals surface area contributed by atoms with Gasteiger partial charge < -0.3 is 4.74 Å². The highest BCUT2D eigenvalue weighted by atomic mass is 32.2. The minimum atomic E-state index is -0.517. The Labute approximate surface area is 203 Å².